The number of nitrogens with two attached hydrogens (primary N) is 1. The van der Waals surface area contributed by atoms with Crippen molar-refractivity contribution in [1.82, 2.24) is 15.3 Å². The summed E-state index contributed by atoms with van der Waals surface area (Å²) in [4.78, 5) is 67.6. The number of nitrogens with one attached hydrogen (secondary N) is 4. The summed E-state index contributed by atoms with van der Waals surface area (Å²) in [5.41, 5.74) is 5.87. The number of fused-ring (bicyclic) bond motifs is 1. The summed E-state index contributed by atoms with van der Waals surface area (Å²) in [5.74, 6) is -3.16. The number of halogens is 1. The molecule has 37 heavy (non-hydrogen) atoms. The Balaban J connectivity index is 1.75. The van der Waals surface area contributed by atoms with Gasteiger partial charge in [-0.25, -0.2) is 4.79 Å². The molecule has 2 atom stereocenters. The van der Waals surface area contributed by atoms with Crippen LogP contribution in [-0.4, -0.2) is 75.0 Å². The lowest BCUT2D eigenvalue weighted by atomic mass is 10.1. The minimum absolute atomic E-state index is 0.0314. The predicted octanol–water partition coefficient (Wildman–Crippen LogP) is 0.268. The first-order valence-corrected chi connectivity index (χ1v) is 11.7. The third-order valence-corrected chi connectivity index (χ3v) is 5.69. The van der Waals surface area contributed by atoms with Gasteiger partial charge in [0, 0.05) is 43.1 Å². The van der Waals surface area contributed by atoms with E-state index in [0.29, 0.717) is 18.1 Å². The van der Waals surface area contributed by atoms with Gasteiger partial charge in [0.2, 0.25) is 11.9 Å². The highest BCUT2D eigenvalue weighted by Crippen LogP contribution is 2.23. The van der Waals surface area contributed by atoms with Gasteiger partial charge in [-0.05, 0) is 30.7 Å². The van der Waals surface area contributed by atoms with Crippen LogP contribution in [0, 0.1) is 0 Å². The predicted molar refractivity (Wildman–Crippen MR) is 135 cm³/mol. The van der Waals surface area contributed by atoms with E-state index in [1.165, 1.54) is 29.2 Å². The molecule has 2 aromatic rings. The molecule has 1 aromatic heterocycles. The van der Waals surface area contributed by atoms with E-state index in [4.69, 9.17) is 22.4 Å². The van der Waals surface area contributed by atoms with Crippen molar-refractivity contribution in [1.29, 1.82) is 0 Å². The molecule has 15 heteroatoms. The Morgan fingerprint density at radius 3 is 2.51 bits per heavy atom. The van der Waals surface area contributed by atoms with E-state index in [9.17, 15) is 29.1 Å². The first-order chi connectivity index (χ1) is 17.6. The van der Waals surface area contributed by atoms with Gasteiger partial charge >= 0.3 is 11.9 Å². The van der Waals surface area contributed by atoms with E-state index in [0.717, 1.165) is 0 Å². The van der Waals surface area contributed by atoms with Gasteiger partial charge in [-0.3, -0.25) is 24.2 Å². The van der Waals surface area contributed by atoms with Crippen LogP contribution in [0.3, 0.4) is 0 Å². The van der Waals surface area contributed by atoms with Crippen molar-refractivity contribution in [2.45, 2.75) is 31.3 Å². The molecule has 1 aromatic carbocycles. The van der Waals surface area contributed by atoms with Crippen LogP contribution in [-0.2, 0) is 14.4 Å². The summed E-state index contributed by atoms with van der Waals surface area (Å²) in [7, 11) is 0. The van der Waals surface area contributed by atoms with Gasteiger partial charge in [0.25, 0.3) is 11.5 Å². The van der Waals surface area contributed by atoms with Gasteiger partial charge in [0.1, 0.15) is 11.7 Å². The zero-order valence-electron chi connectivity index (χ0n) is 19.5. The van der Waals surface area contributed by atoms with Crippen molar-refractivity contribution in [3.05, 3.63) is 40.2 Å². The van der Waals surface area contributed by atoms with Crippen LogP contribution >= 0.6 is 11.6 Å². The molecule has 0 saturated heterocycles. The summed E-state index contributed by atoms with van der Waals surface area (Å²) in [6, 6.07) is 4.13. The summed E-state index contributed by atoms with van der Waals surface area (Å²) in [6.45, 7) is 0.481. The fraction of sp³-hybridized carbons (Fsp3) is 0.364. The lowest BCUT2D eigenvalue weighted by Crippen LogP contribution is -2.47. The van der Waals surface area contributed by atoms with Gasteiger partial charge in [-0.15, -0.1) is 11.6 Å². The Bertz CT molecular complexity index is 1230. The Morgan fingerprint density at radius 1 is 1.19 bits per heavy atom. The monoisotopic (exact) mass is 535 g/mol. The first kappa shape index (κ1) is 27.3. The SMILES string of the molecule is Nc1nc2c(c(=O)[nH]1)NC(CN(C(=O)CCCl)c1ccc(C(=O)N[C@@H](CCC(=O)O)C(=O)O)cc1)CN2. The van der Waals surface area contributed by atoms with Crippen LogP contribution in [0.15, 0.2) is 29.1 Å². The van der Waals surface area contributed by atoms with Gasteiger partial charge in [0.15, 0.2) is 5.82 Å². The molecule has 0 bridgehead atoms. The average Bonchev–Trinajstić information content (AvgIpc) is 2.85. The summed E-state index contributed by atoms with van der Waals surface area (Å²) in [5, 5.41) is 26.4. The number of aliphatic carboxylic acids is 2. The van der Waals surface area contributed by atoms with E-state index in [1.807, 2.05) is 0 Å². The molecule has 1 aliphatic rings. The Kier molecular flexibility index (Phi) is 8.90. The quantitative estimate of drug-likeness (QED) is 0.193. The molecule has 0 radical (unpaired) electrons. The number of carbonyl (C=O) groups excluding carboxylic acids is 2. The molecule has 0 fully saturated rings. The number of benzene rings is 1. The fourth-order valence-corrected chi connectivity index (χ4v) is 3.85. The second kappa shape index (κ2) is 12.1. The van der Waals surface area contributed by atoms with Crippen molar-refractivity contribution in [2.75, 3.05) is 40.2 Å². The topological polar surface area (TPSA) is 220 Å². The third kappa shape index (κ3) is 7.10. The second-order valence-electron chi connectivity index (χ2n) is 8.18. The highest BCUT2D eigenvalue weighted by atomic mass is 35.5. The smallest absolute Gasteiger partial charge is 0.326 e. The van der Waals surface area contributed by atoms with Crippen LogP contribution in [0.5, 0.6) is 0 Å². The molecule has 1 unspecified atom stereocenters. The maximum Gasteiger partial charge on any atom is 0.326 e. The van der Waals surface area contributed by atoms with Crippen molar-refractivity contribution in [2.24, 2.45) is 0 Å². The number of aromatic nitrogens is 2. The molecule has 0 spiro atoms. The Morgan fingerprint density at radius 2 is 1.89 bits per heavy atom. The van der Waals surface area contributed by atoms with E-state index < -0.39 is 35.9 Å². The number of hydrogen-bond acceptors (Lipinski definition) is 9. The number of anilines is 4. The second-order valence-corrected chi connectivity index (χ2v) is 8.56. The Hall–Kier alpha value is -4.33. The number of amides is 2. The maximum absolute atomic E-state index is 12.8. The lowest BCUT2D eigenvalue weighted by molar-refractivity contribution is -0.140. The molecule has 2 heterocycles. The molecule has 1 aliphatic heterocycles. The van der Waals surface area contributed by atoms with Crippen molar-refractivity contribution < 1.29 is 29.4 Å². The molecule has 2 amide bonds. The molecule has 3 rings (SSSR count). The molecule has 0 aliphatic carbocycles. The average molecular weight is 536 g/mol. The Labute approximate surface area is 215 Å². The van der Waals surface area contributed by atoms with Crippen LogP contribution in [0.1, 0.15) is 29.6 Å². The number of aromatic amines is 1. The van der Waals surface area contributed by atoms with Crippen molar-refractivity contribution in [3.8, 4) is 0 Å². The number of carboxylic acids is 2. The van der Waals surface area contributed by atoms with E-state index in [-0.39, 0.29) is 54.4 Å². The van der Waals surface area contributed by atoms with Crippen LogP contribution in [0.2, 0.25) is 0 Å². The van der Waals surface area contributed by atoms with Gasteiger partial charge in [0.05, 0.1) is 6.04 Å². The van der Waals surface area contributed by atoms with Gasteiger partial charge in [-0.1, -0.05) is 0 Å². The first-order valence-electron chi connectivity index (χ1n) is 11.2. The highest BCUT2D eigenvalue weighted by molar-refractivity contribution is 6.19. The summed E-state index contributed by atoms with van der Waals surface area (Å²) < 4.78 is 0. The molecule has 8 N–H and O–H groups in total. The van der Waals surface area contributed by atoms with Gasteiger partial charge in [-0.2, -0.15) is 4.98 Å². The number of carbonyl (C=O) groups is 4. The van der Waals surface area contributed by atoms with Crippen molar-refractivity contribution >= 4 is 58.5 Å². The highest BCUT2D eigenvalue weighted by Gasteiger charge is 2.27. The zero-order valence-corrected chi connectivity index (χ0v) is 20.2. The number of alkyl halides is 1. The maximum atomic E-state index is 12.8. The number of hydrogen-bond donors (Lipinski definition) is 7. The standard InChI is InChI=1S/C22H26ClN7O7/c23-8-7-15(31)30(10-12-9-25-18-17(26-12)20(35)29-22(24)28-18)13-3-1-11(2-4-13)19(34)27-14(21(36)37)5-6-16(32)33/h1-4,12,14,26H,5-10H2,(H,27,34)(H,32,33)(H,36,37)(H4,24,25,28,29,35)/t12?,14-/m0/s1. The molecule has 0 saturated carbocycles. The lowest BCUT2D eigenvalue weighted by Gasteiger charge is -2.32. The number of nitrogen functional groups attached to an aromatic ring is 1. The largest absolute Gasteiger partial charge is 0.481 e. The van der Waals surface area contributed by atoms with Crippen LogP contribution in [0.25, 0.3) is 0 Å². The molecule has 198 valence electrons. The van der Waals surface area contributed by atoms with Crippen LogP contribution in [0.4, 0.5) is 23.1 Å². The summed E-state index contributed by atoms with van der Waals surface area (Å²) >= 11 is 5.78. The van der Waals surface area contributed by atoms with E-state index in [2.05, 4.69) is 25.9 Å². The van der Waals surface area contributed by atoms with Crippen molar-refractivity contribution in [3.63, 3.8) is 0 Å². The van der Waals surface area contributed by atoms with Crippen LogP contribution < -0.4 is 32.1 Å². The normalized spacial score (nSPS) is 14.9. The number of carboxylic acid groups (broad SMARTS) is 2. The number of nitrogens with zero attached hydrogens (tertiary/aromatic N) is 2. The minimum Gasteiger partial charge on any atom is -0.481 e. The fourth-order valence-electron chi connectivity index (χ4n) is 3.68. The third-order valence-electron chi connectivity index (χ3n) is 5.51. The van der Waals surface area contributed by atoms with E-state index in [1.54, 1.807) is 0 Å². The molecule has 14 nitrogen and oxygen atoms in total. The number of H-pyrrole nitrogens is 1. The summed E-state index contributed by atoms with van der Waals surface area (Å²) in [6.07, 6.45) is -0.646. The zero-order chi connectivity index (χ0) is 27.1. The van der Waals surface area contributed by atoms with Gasteiger partial charge < -0.3 is 36.8 Å². The minimum atomic E-state index is -1.37. The molecular weight excluding hydrogens is 510 g/mol. The molecular formula is C22H26ClN7O7. The number of rotatable bonds is 11. The van der Waals surface area contributed by atoms with E-state index >= 15 is 0 Å².